The Kier molecular flexibility index (Phi) is 5.82. The van der Waals surface area contributed by atoms with E-state index in [-0.39, 0.29) is 0 Å². The number of anilines is 4. The molecule has 1 heterocycles. The van der Waals surface area contributed by atoms with E-state index in [9.17, 15) is 4.79 Å². The molecule has 3 aromatic rings. The highest BCUT2D eigenvalue weighted by Gasteiger charge is 2.13. The van der Waals surface area contributed by atoms with E-state index in [2.05, 4.69) is 26.7 Å². The number of hydrogen-bond acceptors (Lipinski definition) is 7. The first kappa shape index (κ1) is 18.9. The number of para-hydroxylation sites is 1. The number of aryl methyl sites for hydroxylation is 1. The summed E-state index contributed by atoms with van der Waals surface area (Å²) >= 11 is 0. The minimum atomic E-state index is -0.408. The fraction of sp³-hybridized carbons (Fsp3) is 0.143. The number of nitriles is 1. The first-order valence-corrected chi connectivity index (χ1v) is 8.75. The maximum Gasteiger partial charge on any atom is 0.340 e. The molecule has 0 bridgehead atoms. The van der Waals surface area contributed by atoms with Gasteiger partial charge in [-0.2, -0.15) is 10.2 Å². The zero-order valence-electron chi connectivity index (χ0n) is 15.6. The highest BCUT2D eigenvalue weighted by molar-refractivity contribution is 5.96. The molecule has 2 N–H and O–H groups in total. The largest absolute Gasteiger partial charge is 0.462 e. The average Bonchev–Trinajstić information content (AvgIpc) is 2.69. The average molecular weight is 373 g/mol. The van der Waals surface area contributed by atoms with Crippen LogP contribution in [0.15, 0.2) is 54.6 Å². The van der Waals surface area contributed by atoms with Crippen LogP contribution in [0, 0.1) is 18.3 Å². The number of nitrogens with zero attached hydrogens (tertiary/aromatic N) is 3. The summed E-state index contributed by atoms with van der Waals surface area (Å²) in [7, 11) is 0. The third-order valence-electron chi connectivity index (χ3n) is 3.81. The lowest BCUT2D eigenvalue weighted by atomic mass is 10.2. The van der Waals surface area contributed by atoms with Crippen LogP contribution in [0.4, 0.5) is 23.1 Å². The molecule has 0 spiro atoms. The number of ether oxygens (including phenoxy) is 1. The van der Waals surface area contributed by atoms with Gasteiger partial charge in [0.05, 0.1) is 29.5 Å². The van der Waals surface area contributed by atoms with E-state index in [1.165, 1.54) is 0 Å². The van der Waals surface area contributed by atoms with Gasteiger partial charge in [-0.15, -0.1) is 0 Å². The zero-order chi connectivity index (χ0) is 19.9. The Labute approximate surface area is 163 Å². The van der Waals surface area contributed by atoms with Crippen molar-refractivity contribution in [1.29, 1.82) is 5.26 Å². The van der Waals surface area contributed by atoms with Crippen molar-refractivity contribution in [2.75, 3.05) is 17.2 Å². The first-order valence-electron chi connectivity index (χ1n) is 8.75. The Morgan fingerprint density at radius 3 is 2.57 bits per heavy atom. The second-order valence-corrected chi connectivity index (χ2v) is 5.92. The van der Waals surface area contributed by atoms with Crippen LogP contribution in [0.25, 0.3) is 0 Å². The van der Waals surface area contributed by atoms with Crippen LogP contribution in [-0.4, -0.2) is 22.5 Å². The van der Waals surface area contributed by atoms with Gasteiger partial charge in [-0.3, -0.25) is 0 Å². The molecule has 0 radical (unpaired) electrons. The third kappa shape index (κ3) is 4.62. The third-order valence-corrected chi connectivity index (χ3v) is 3.81. The number of carbonyl (C=O) groups excluding carboxylic acids is 1. The van der Waals surface area contributed by atoms with Crippen molar-refractivity contribution in [1.82, 2.24) is 9.97 Å². The number of aromatic nitrogens is 2. The van der Waals surface area contributed by atoms with Gasteiger partial charge >= 0.3 is 5.97 Å². The molecule has 0 saturated heterocycles. The van der Waals surface area contributed by atoms with Crippen molar-refractivity contribution in [3.05, 3.63) is 71.4 Å². The van der Waals surface area contributed by atoms with Crippen molar-refractivity contribution in [3.8, 4) is 6.07 Å². The summed E-state index contributed by atoms with van der Waals surface area (Å²) in [6.45, 7) is 3.92. The highest BCUT2D eigenvalue weighted by atomic mass is 16.5. The molecule has 0 fully saturated rings. The van der Waals surface area contributed by atoms with Gasteiger partial charge in [0.1, 0.15) is 5.82 Å². The van der Waals surface area contributed by atoms with Gasteiger partial charge in [0, 0.05) is 17.4 Å². The molecule has 0 aliphatic carbocycles. The Bertz CT molecular complexity index is 1030. The van der Waals surface area contributed by atoms with E-state index >= 15 is 0 Å². The molecule has 0 unspecified atom stereocenters. The Hall–Kier alpha value is -3.92. The molecule has 0 amide bonds. The normalized spacial score (nSPS) is 10.0. The van der Waals surface area contributed by atoms with Gasteiger partial charge in [0.15, 0.2) is 0 Å². The molecule has 0 atom stereocenters. The lowest BCUT2D eigenvalue weighted by Crippen LogP contribution is -2.09. The monoisotopic (exact) mass is 373 g/mol. The number of esters is 1. The standard InChI is InChI=1S/C21H19N5O2/c1-3-28-20(27)17-6-4-5-7-18(17)25-21-23-14(2)12-19(26-21)24-16-10-8-15(13-22)9-11-16/h4-12H,3H2,1-2H3,(H2,23,24,25,26). The van der Waals surface area contributed by atoms with E-state index in [1.54, 1.807) is 55.5 Å². The topological polar surface area (TPSA) is 99.9 Å². The molecule has 0 saturated carbocycles. The molecular formula is C21H19N5O2. The summed E-state index contributed by atoms with van der Waals surface area (Å²) in [6, 6.07) is 18.0. The van der Waals surface area contributed by atoms with E-state index in [4.69, 9.17) is 10.00 Å². The first-order chi connectivity index (χ1) is 13.6. The van der Waals surface area contributed by atoms with Gasteiger partial charge in [-0.1, -0.05) is 12.1 Å². The fourth-order valence-electron chi connectivity index (χ4n) is 2.56. The SMILES string of the molecule is CCOC(=O)c1ccccc1Nc1nc(C)cc(Nc2ccc(C#N)cc2)n1. The lowest BCUT2D eigenvalue weighted by molar-refractivity contribution is 0.0527. The Morgan fingerprint density at radius 1 is 1.11 bits per heavy atom. The van der Waals surface area contributed by atoms with E-state index < -0.39 is 5.97 Å². The summed E-state index contributed by atoms with van der Waals surface area (Å²) in [6.07, 6.45) is 0. The predicted octanol–water partition coefficient (Wildman–Crippen LogP) is 4.32. The number of carbonyl (C=O) groups is 1. The summed E-state index contributed by atoms with van der Waals surface area (Å²) < 4.78 is 5.10. The molecule has 140 valence electrons. The molecule has 7 heteroatoms. The van der Waals surface area contributed by atoms with Crippen molar-refractivity contribution >= 4 is 29.1 Å². The minimum Gasteiger partial charge on any atom is -0.462 e. The van der Waals surface area contributed by atoms with Crippen LogP contribution in [0.1, 0.15) is 28.5 Å². The van der Waals surface area contributed by atoms with E-state index in [1.807, 2.05) is 13.0 Å². The van der Waals surface area contributed by atoms with Crippen LogP contribution in [-0.2, 0) is 4.74 Å². The summed E-state index contributed by atoms with van der Waals surface area (Å²) in [5.74, 6) is 0.537. The molecule has 0 aliphatic rings. The second kappa shape index (κ2) is 8.64. The summed E-state index contributed by atoms with van der Waals surface area (Å²) in [5.41, 5.74) is 3.12. The van der Waals surface area contributed by atoms with Crippen LogP contribution >= 0.6 is 0 Å². The van der Waals surface area contributed by atoms with Gasteiger partial charge in [0.25, 0.3) is 0 Å². The molecule has 1 aromatic heterocycles. The van der Waals surface area contributed by atoms with Crippen LogP contribution in [0.2, 0.25) is 0 Å². The highest BCUT2D eigenvalue weighted by Crippen LogP contribution is 2.22. The maximum absolute atomic E-state index is 12.1. The molecule has 0 aliphatic heterocycles. The van der Waals surface area contributed by atoms with Crippen LogP contribution in [0.3, 0.4) is 0 Å². The minimum absolute atomic E-state index is 0.298. The van der Waals surface area contributed by atoms with Gasteiger partial charge in [-0.05, 0) is 50.2 Å². The van der Waals surface area contributed by atoms with Crippen LogP contribution < -0.4 is 10.6 Å². The molecule has 7 nitrogen and oxygen atoms in total. The quantitative estimate of drug-likeness (QED) is 0.621. The molecule has 3 rings (SSSR count). The number of rotatable bonds is 6. The van der Waals surface area contributed by atoms with Crippen LogP contribution in [0.5, 0.6) is 0 Å². The van der Waals surface area contributed by atoms with Crippen molar-refractivity contribution in [2.45, 2.75) is 13.8 Å². The Balaban J connectivity index is 1.84. The summed E-state index contributed by atoms with van der Waals surface area (Å²) in [4.78, 5) is 21.0. The maximum atomic E-state index is 12.1. The molecule has 28 heavy (non-hydrogen) atoms. The van der Waals surface area contributed by atoms with E-state index in [0.29, 0.717) is 35.2 Å². The smallest absolute Gasteiger partial charge is 0.340 e. The predicted molar refractivity (Wildman–Crippen MR) is 107 cm³/mol. The van der Waals surface area contributed by atoms with Gasteiger partial charge < -0.3 is 15.4 Å². The van der Waals surface area contributed by atoms with Gasteiger partial charge in [0.2, 0.25) is 5.95 Å². The lowest BCUT2D eigenvalue weighted by Gasteiger charge is -2.12. The zero-order valence-corrected chi connectivity index (χ0v) is 15.6. The fourth-order valence-corrected chi connectivity index (χ4v) is 2.56. The summed E-state index contributed by atoms with van der Waals surface area (Å²) in [5, 5.41) is 15.2. The number of nitrogens with one attached hydrogen (secondary N) is 2. The van der Waals surface area contributed by atoms with Crippen molar-refractivity contribution in [2.24, 2.45) is 0 Å². The number of benzene rings is 2. The van der Waals surface area contributed by atoms with Crippen molar-refractivity contribution in [3.63, 3.8) is 0 Å². The van der Waals surface area contributed by atoms with E-state index in [0.717, 1.165) is 11.4 Å². The second-order valence-electron chi connectivity index (χ2n) is 5.92. The number of hydrogen-bond donors (Lipinski definition) is 2. The van der Waals surface area contributed by atoms with Gasteiger partial charge in [-0.25, -0.2) is 9.78 Å². The molecular weight excluding hydrogens is 354 g/mol. The molecule has 2 aromatic carbocycles. The Morgan fingerprint density at radius 2 is 1.86 bits per heavy atom. The van der Waals surface area contributed by atoms with Crippen molar-refractivity contribution < 1.29 is 9.53 Å².